The van der Waals surface area contributed by atoms with Crippen LogP contribution in [0.1, 0.15) is 24.2 Å². The van der Waals surface area contributed by atoms with Crippen LogP contribution < -0.4 is 5.32 Å². The predicted molar refractivity (Wildman–Crippen MR) is 86.3 cm³/mol. The summed E-state index contributed by atoms with van der Waals surface area (Å²) in [5.74, 6) is -0.291. The summed E-state index contributed by atoms with van der Waals surface area (Å²) in [5, 5.41) is 2.75. The fourth-order valence-corrected chi connectivity index (χ4v) is 4.47. The van der Waals surface area contributed by atoms with Gasteiger partial charge in [0.1, 0.15) is 0 Å². The van der Waals surface area contributed by atoms with Crippen molar-refractivity contribution in [1.82, 2.24) is 9.62 Å². The number of ether oxygens (including phenoxy) is 1. The highest BCUT2D eigenvalue weighted by Gasteiger charge is 2.28. The van der Waals surface area contributed by atoms with Crippen molar-refractivity contribution in [2.24, 2.45) is 0 Å². The van der Waals surface area contributed by atoms with Gasteiger partial charge in [0.2, 0.25) is 10.0 Å². The van der Waals surface area contributed by atoms with Crippen molar-refractivity contribution in [1.29, 1.82) is 0 Å². The highest BCUT2D eigenvalue weighted by molar-refractivity contribution is 9.10. The number of sulfonamides is 1. The summed E-state index contributed by atoms with van der Waals surface area (Å²) in [4.78, 5) is 12.2. The van der Waals surface area contributed by atoms with E-state index in [2.05, 4.69) is 21.2 Å². The van der Waals surface area contributed by atoms with Gasteiger partial charge in [-0.15, -0.1) is 0 Å². The molecule has 1 aromatic rings. The Morgan fingerprint density at radius 3 is 2.55 bits per heavy atom. The molecule has 1 heterocycles. The van der Waals surface area contributed by atoms with Crippen LogP contribution in [0, 0.1) is 0 Å². The van der Waals surface area contributed by atoms with Crippen molar-refractivity contribution in [2.75, 3.05) is 26.3 Å². The third-order valence-corrected chi connectivity index (χ3v) is 6.09. The van der Waals surface area contributed by atoms with Crippen LogP contribution in [0.25, 0.3) is 0 Å². The average Bonchev–Trinajstić information content (AvgIpc) is 2.47. The number of amides is 1. The Morgan fingerprint density at radius 2 is 1.95 bits per heavy atom. The number of hydrogen-bond acceptors (Lipinski definition) is 4. The van der Waals surface area contributed by atoms with Gasteiger partial charge in [-0.3, -0.25) is 4.79 Å². The van der Waals surface area contributed by atoms with E-state index in [0.717, 1.165) is 0 Å². The van der Waals surface area contributed by atoms with Gasteiger partial charge in [0.25, 0.3) is 5.91 Å². The number of nitrogens with zero attached hydrogens (tertiary/aromatic N) is 1. The van der Waals surface area contributed by atoms with E-state index in [1.165, 1.54) is 10.4 Å². The molecule has 0 aromatic heterocycles. The molecule has 1 aromatic carbocycles. The average molecular weight is 391 g/mol. The summed E-state index contributed by atoms with van der Waals surface area (Å²) in [6.45, 7) is 5.09. The molecule has 1 aliphatic rings. The second kappa shape index (κ2) is 7.08. The molecule has 0 saturated carbocycles. The SMILES string of the molecule is CC(C)NC(=O)c1ccc(Br)c(S(=O)(=O)N2CCOCC2)c1. The van der Waals surface area contributed by atoms with Crippen molar-refractivity contribution in [2.45, 2.75) is 24.8 Å². The summed E-state index contributed by atoms with van der Waals surface area (Å²) in [6.07, 6.45) is 0. The minimum atomic E-state index is -3.65. The maximum atomic E-state index is 12.7. The van der Waals surface area contributed by atoms with E-state index in [0.29, 0.717) is 36.3 Å². The molecule has 1 amide bonds. The van der Waals surface area contributed by atoms with E-state index >= 15 is 0 Å². The van der Waals surface area contributed by atoms with E-state index in [4.69, 9.17) is 4.74 Å². The first kappa shape index (κ1) is 17.4. The number of nitrogens with one attached hydrogen (secondary N) is 1. The second-order valence-electron chi connectivity index (χ2n) is 5.29. The standard InChI is InChI=1S/C14H19BrN2O4S/c1-10(2)16-14(18)11-3-4-12(15)13(9-11)22(19,20)17-5-7-21-8-6-17/h3-4,9-10H,5-8H2,1-2H3,(H,16,18). The minimum absolute atomic E-state index is 0.0181. The van der Waals surface area contributed by atoms with Crippen molar-refractivity contribution in [3.05, 3.63) is 28.2 Å². The van der Waals surface area contributed by atoms with Gasteiger partial charge in [-0.25, -0.2) is 8.42 Å². The maximum Gasteiger partial charge on any atom is 0.251 e. The first-order valence-electron chi connectivity index (χ1n) is 7.00. The zero-order valence-electron chi connectivity index (χ0n) is 12.5. The molecule has 0 atom stereocenters. The normalized spacial score (nSPS) is 16.7. The number of morpholine rings is 1. The zero-order valence-corrected chi connectivity index (χ0v) is 14.9. The Labute approximate surface area is 139 Å². The molecule has 0 spiro atoms. The molecule has 0 aliphatic carbocycles. The van der Waals surface area contributed by atoms with Crippen LogP contribution in [0.3, 0.4) is 0 Å². The summed E-state index contributed by atoms with van der Waals surface area (Å²) < 4.78 is 32.4. The van der Waals surface area contributed by atoms with Gasteiger partial charge in [-0.2, -0.15) is 4.31 Å². The molecule has 0 radical (unpaired) electrons. The Kier molecular flexibility index (Phi) is 5.60. The lowest BCUT2D eigenvalue weighted by Crippen LogP contribution is -2.40. The Morgan fingerprint density at radius 1 is 1.32 bits per heavy atom. The van der Waals surface area contributed by atoms with E-state index in [1.54, 1.807) is 12.1 Å². The molecule has 8 heteroatoms. The second-order valence-corrected chi connectivity index (χ2v) is 8.05. The summed E-state index contributed by atoms with van der Waals surface area (Å²) in [6, 6.07) is 4.57. The quantitative estimate of drug-likeness (QED) is 0.846. The Hall–Kier alpha value is -0.960. The lowest BCUT2D eigenvalue weighted by Gasteiger charge is -2.26. The molecule has 1 saturated heterocycles. The van der Waals surface area contributed by atoms with Crippen LogP contribution in [0.2, 0.25) is 0 Å². The molecule has 1 N–H and O–H groups in total. The van der Waals surface area contributed by atoms with Crippen LogP contribution in [0.4, 0.5) is 0 Å². The molecule has 2 rings (SSSR count). The smallest absolute Gasteiger partial charge is 0.251 e. The summed E-state index contributed by atoms with van der Waals surface area (Å²) in [7, 11) is -3.65. The van der Waals surface area contributed by atoms with E-state index in [-0.39, 0.29) is 16.8 Å². The number of halogens is 1. The van der Waals surface area contributed by atoms with Gasteiger partial charge < -0.3 is 10.1 Å². The highest BCUT2D eigenvalue weighted by Crippen LogP contribution is 2.27. The van der Waals surface area contributed by atoms with E-state index in [1.807, 2.05) is 13.8 Å². The van der Waals surface area contributed by atoms with Gasteiger partial charge in [-0.1, -0.05) is 0 Å². The van der Waals surface area contributed by atoms with Gasteiger partial charge in [0, 0.05) is 29.2 Å². The van der Waals surface area contributed by atoms with Gasteiger partial charge in [-0.05, 0) is 48.0 Å². The van der Waals surface area contributed by atoms with Crippen LogP contribution in [0.15, 0.2) is 27.6 Å². The van der Waals surface area contributed by atoms with Crippen LogP contribution >= 0.6 is 15.9 Å². The van der Waals surface area contributed by atoms with E-state index in [9.17, 15) is 13.2 Å². The van der Waals surface area contributed by atoms with Gasteiger partial charge >= 0.3 is 0 Å². The molecule has 0 unspecified atom stereocenters. The molecule has 0 bridgehead atoms. The number of carbonyl (C=O) groups is 1. The largest absolute Gasteiger partial charge is 0.379 e. The van der Waals surface area contributed by atoms with Crippen LogP contribution in [0.5, 0.6) is 0 Å². The molecule has 22 heavy (non-hydrogen) atoms. The predicted octanol–water partition coefficient (Wildman–Crippen LogP) is 1.61. The molecule has 122 valence electrons. The first-order valence-corrected chi connectivity index (χ1v) is 9.24. The lowest BCUT2D eigenvalue weighted by atomic mass is 10.2. The fraction of sp³-hybridized carbons (Fsp3) is 0.500. The molecular weight excluding hydrogens is 372 g/mol. The zero-order chi connectivity index (χ0) is 16.3. The Balaban J connectivity index is 2.35. The number of benzene rings is 1. The van der Waals surface area contributed by atoms with Crippen LogP contribution in [-0.2, 0) is 14.8 Å². The summed E-state index contributed by atoms with van der Waals surface area (Å²) >= 11 is 3.26. The molecule has 1 fully saturated rings. The van der Waals surface area contributed by atoms with Gasteiger partial charge in [0.15, 0.2) is 0 Å². The maximum absolute atomic E-state index is 12.7. The number of hydrogen-bond donors (Lipinski definition) is 1. The monoisotopic (exact) mass is 390 g/mol. The third kappa shape index (κ3) is 3.87. The first-order chi connectivity index (χ1) is 10.3. The fourth-order valence-electron chi connectivity index (χ4n) is 2.11. The number of carbonyl (C=O) groups excluding carboxylic acids is 1. The van der Waals surface area contributed by atoms with Crippen molar-refractivity contribution in [3.63, 3.8) is 0 Å². The van der Waals surface area contributed by atoms with Crippen molar-refractivity contribution < 1.29 is 17.9 Å². The summed E-state index contributed by atoms with van der Waals surface area (Å²) in [5.41, 5.74) is 0.323. The number of rotatable bonds is 4. The highest BCUT2D eigenvalue weighted by atomic mass is 79.9. The molecule has 6 nitrogen and oxygen atoms in total. The van der Waals surface area contributed by atoms with Crippen molar-refractivity contribution in [3.8, 4) is 0 Å². The molecular formula is C14H19BrN2O4S. The Bertz CT molecular complexity index is 655. The molecule has 1 aliphatic heterocycles. The third-order valence-electron chi connectivity index (χ3n) is 3.20. The minimum Gasteiger partial charge on any atom is -0.379 e. The topological polar surface area (TPSA) is 75.7 Å². The van der Waals surface area contributed by atoms with Crippen molar-refractivity contribution >= 4 is 31.9 Å². The van der Waals surface area contributed by atoms with Gasteiger partial charge in [0.05, 0.1) is 18.1 Å². The lowest BCUT2D eigenvalue weighted by molar-refractivity contribution is 0.0730. The van der Waals surface area contributed by atoms with Crippen LogP contribution in [-0.4, -0.2) is 51.0 Å². The van der Waals surface area contributed by atoms with E-state index < -0.39 is 10.0 Å².